The molecule has 3 aromatic carbocycles. The number of nitrogens with one attached hydrogen (secondary N) is 2. The van der Waals surface area contributed by atoms with Crippen LogP contribution < -0.4 is 16.4 Å². The summed E-state index contributed by atoms with van der Waals surface area (Å²) in [6, 6.07) is 13.1. The van der Waals surface area contributed by atoms with Crippen molar-refractivity contribution in [2.24, 2.45) is 5.73 Å². The summed E-state index contributed by atoms with van der Waals surface area (Å²) in [5, 5.41) is 8.02. The zero-order valence-electron chi connectivity index (χ0n) is 26.5. The third-order valence-corrected chi connectivity index (χ3v) is 9.48. The third-order valence-electron chi connectivity index (χ3n) is 9.48. The van der Waals surface area contributed by atoms with Gasteiger partial charge in [0.1, 0.15) is 0 Å². The molecule has 45 heavy (non-hydrogen) atoms. The van der Waals surface area contributed by atoms with Gasteiger partial charge in [0.15, 0.2) is 17.7 Å². The van der Waals surface area contributed by atoms with E-state index in [9.17, 15) is 19.2 Å². The minimum Gasteiger partial charge on any atom is -0.457 e. The zero-order chi connectivity index (χ0) is 32.3. The van der Waals surface area contributed by atoms with Crippen LogP contribution in [-0.2, 0) is 19.1 Å². The van der Waals surface area contributed by atoms with E-state index in [0.717, 1.165) is 34.7 Å². The van der Waals surface area contributed by atoms with Gasteiger partial charge in [-0.3, -0.25) is 19.2 Å². The number of ether oxygens (including phenoxy) is 2. The van der Waals surface area contributed by atoms with Gasteiger partial charge in [0, 0.05) is 47.2 Å². The quantitative estimate of drug-likeness (QED) is 0.229. The molecule has 236 valence electrons. The highest BCUT2D eigenvalue weighted by molar-refractivity contribution is 6.33. The van der Waals surface area contributed by atoms with E-state index in [1.54, 1.807) is 12.1 Å². The molecule has 0 aromatic heterocycles. The molecule has 6 rings (SSSR count). The number of hydrogen-bond donors (Lipinski definition) is 3. The molecule has 2 bridgehead atoms. The molecule has 9 nitrogen and oxygen atoms in total. The molecule has 0 spiro atoms. The largest absolute Gasteiger partial charge is 0.457 e. The van der Waals surface area contributed by atoms with Crippen LogP contribution in [0.2, 0.25) is 0 Å². The first kappa shape index (κ1) is 30.9. The van der Waals surface area contributed by atoms with E-state index < -0.39 is 29.3 Å². The van der Waals surface area contributed by atoms with Crippen LogP contribution in [-0.4, -0.2) is 53.3 Å². The number of fused-ring (bicyclic) bond motifs is 9. The van der Waals surface area contributed by atoms with Crippen LogP contribution in [0.4, 0.5) is 5.69 Å². The van der Waals surface area contributed by atoms with Crippen molar-refractivity contribution in [2.75, 3.05) is 11.9 Å². The highest BCUT2D eigenvalue weighted by Crippen LogP contribution is 2.50. The molecule has 2 heterocycles. The Bertz CT molecular complexity index is 1750. The Labute approximate surface area is 263 Å². The fraction of sp³-hybridized carbons (Fsp3) is 0.444. The molecule has 0 saturated carbocycles. The zero-order valence-corrected chi connectivity index (χ0v) is 26.5. The number of hydrogen-bond acceptors (Lipinski definition) is 8. The van der Waals surface area contributed by atoms with Crippen LogP contribution in [0.15, 0.2) is 42.5 Å². The minimum atomic E-state index is -0.783. The van der Waals surface area contributed by atoms with Crippen LogP contribution in [0.3, 0.4) is 0 Å². The maximum Gasteiger partial charge on any atom is 0.306 e. The molecule has 1 amide bonds. The van der Waals surface area contributed by atoms with Gasteiger partial charge in [-0.2, -0.15) is 0 Å². The maximum absolute atomic E-state index is 14.1. The smallest absolute Gasteiger partial charge is 0.306 e. The number of aryl methyl sites for hydroxylation is 1. The van der Waals surface area contributed by atoms with Gasteiger partial charge in [-0.05, 0) is 57.0 Å². The summed E-state index contributed by atoms with van der Waals surface area (Å²) in [6.45, 7) is 10.0. The lowest BCUT2D eigenvalue weighted by Gasteiger charge is -2.52. The SMILES string of the molecule is CCCC(C)(N)CNC(=O)CCC(=O)OC1C(C)OC2CC1(C)Nc1c2ccc2c1C(=O)c1ccc3cc(C)ccc3c1C2=O. The molecule has 3 aliphatic rings. The van der Waals surface area contributed by atoms with E-state index in [1.165, 1.54) is 0 Å². The van der Waals surface area contributed by atoms with Crippen LogP contribution in [0.1, 0.15) is 109 Å². The van der Waals surface area contributed by atoms with Gasteiger partial charge < -0.3 is 25.8 Å². The molecule has 1 saturated heterocycles. The van der Waals surface area contributed by atoms with Crippen molar-refractivity contribution < 1.29 is 28.7 Å². The Morgan fingerprint density at radius 2 is 1.80 bits per heavy atom. The lowest BCUT2D eigenvalue weighted by molar-refractivity contribution is -0.183. The third kappa shape index (κ3) is 5.53. The molecule has 3 aromatic rings. The van der Waals surface area contributed by atoms with E-state index in [0.29, 0.717) is 40.9 Å². The maximum atomic E-state index is 14.1. The predicted octanol–water partition coefficient (Wildman–Crippen LogP) is 5.28. The topological polar surface area (TPSA) is 137 Å². The molecular weight excluding hydrogens is 570 g/mol. The molecule has 9 heteroatoms. The number of nitrogens with two attached hydrogens (primary N) is 1. The first-order valence-corrected chi connectivity index (χ1v) is 15.8. The van der Waals surface area contributed by atoms with Crippen molar-refractivity contribution >= 4 is 39.9 Å². The Hall–Kier alpha value is -4.08. The van der Waals surface area contributed by atoms with E-state index in [4.69, 9.17) is 15.2 Å². The Balaban J connectivity index is 1.23. The minimum absolute atomic E-state index is 0.0175. The highest BCUT2D eigenvalue weighted by Gasteiger charge is 2.52. The Morgan fingerprint density at radius 3 is 2.56 bits per heavy atom. The van der Waals surface area contributed by atoms with Crippen molar-refractivity contribution in [3.63, 3.8) is 0 Å². The number of carbonyl (C=O) groups excluding carboxylic acids is 4. The lowest BCUT2D eigenvalue weighted by atomic mass is 9.73. The highest BCUT2D eigenvalue weighted by atomic mass is 16.6. The summed E-state index contributed by atoms with van der Waals surface area (Å²) in [6.07, 6.45) is 0.565. The molecule has 4 N–H and O–H groups in total. The fourth-order valence-electron chi connectivity index (χ4n) is 7.28. The van der Waals surface area contributed by atoms with E-state index in [1.807, 2.05) is 65.0 Å². The molecule has 5 unspecified atom stereocenters. The van der Waals surface area contributed by atoms with E-state index in [2.05, 4.69) is 10.6 Å². The number of anilines is 1. The average Bonchev–Trinajstić information content (AvgIpc) is 2.98. The second kappa shape index (κ2) is 11.4. The number of ketones is 2. The first-order chi connectivity index (χ1) is 21.3. The van der Waals surface area contributed by atoms with Gasteiger partial charge in [-0.1, -0.05) is 49.2 Å². The van der Waals surface area contributed by atoms with Crippen LogP contribution >= 0.6 is 0 Å². The second-order valence-electron chi connectivity index (χ2n) is 13.5. The standard InChI is InChI=1S/C36H41N3O6/c1-6-15-35(4,37)18-38-27(40)13-14-28(41)45-34-20(3)44-26-17-36(34,5)39-31-23(26)11-12-25-30(31)33(43)24-10-8-21-16-19(2)7-9-22(21)29(24)32(25)42/h7-12,16,20,26,34,39H,6,13-15,17-18,37H2,1-5H3,(H,38,40). The average molecular weight is 612 g/mol. The number of rotatable bonds is 8. The molecule has 0 radical (unpaired) electrons. The fourth-order valence-corrected chi connectivity index (χ4v) is 7.28. The Morgan fingerprint density at radius 1 is 1.09 bits per heavy atom. The first-order valence-electron chi connectivity index (χ1n) is 15.8. The number of amides is 1. The van der Waals surface area contributed by atoms with E-state index >= 15 is 0 Å². The van der Waals surface area contributed by atoms with Crippen molar-refractivity contribution in [3.05, 3.63) is 75.8 Å². The molecular formula is C36H41N3O6. The monoisotopic (exact) mass is 611 g/mol. The van der Waals surface area contributed by atoms with Gasteiger partial charge >= 0.3 is 5.97 Å². The number of carbonyl (C=O) groups is 4. The van der Waals surface area contributed by atoms with Crippen molar-refractivity contribution in [2.45, 2.75) is 96.1 Å². The summed E-state index contributed by atoms with van der Waals surface area (Å²) in [5.41, 5.74) is 8.80. The van der Waals surface area contributed by atoms with Gasteiger partial charge in [-0.25, -0.2) is 0 Å². The normalized spacial score (nSPS) is 24.5. The predicted molar refractivity (Wildman–Crippen MR) is 172 cm³/mol. The van der Waals surface area contributed by atoms with Crippen molar-refractivity contribution in [1.82, 2.24) is 5.32 Å². The van der Waals surface area contributed by atoms with Crippen molar-refractivity contribution in [1.29, 1.82) is 0 Å². The van der Waals surface area contributed by atoms with Gasteiger partial charge in [0.2, 0.25) is 5.91 Å². The lowest BCUT2D eigenvalue weighted by Crippen LogP contribution is -2.61. The van der Waals surface area contributed by atoms with Gasteiger partial charge in [0.05, 0.1) is 35.4 Å². The van der Waals surface area contributed by atoms with Crippen molar-refractivity contribution in [3.8, 4) is 0 Å². The number of esters is 1. The molecule has 1 fully saturated rings. The van der Waals surface area contributed by atoms with Gasteiger partial charge in [-0.15, -0.1) is 0 Å². The molecule has 2 aliphatic heterocycles. The van der Waals surface area contributed by atoms with Crippen LogP contribution in [0.5, 0.6) is 0 Å². The summed E-state index contributed by atoms with van der Waals surface area (Å²) < 4.78 is 12.3. The van der Waals surface area contributed by atoms with Gasteiger partial charge in [0.25, 0.3) is 0 Å². The molecule has 1 aliphatic carbocycles. The van der Waals surface area contributed by atoms with E-state index in [-0.39, 0.29) is 36.4 Å². The summed E-state index contributed by atoms with van der Waals surface area (Å²) in [5.74, 6) is -1.20. The summed E-state index contributed by atoms with van der Waals surface area (Å²) >= 11 is 0. The van der Waals surface area contributed by atoms with Crippen LogP contribution in [0.25, 0.3) is 10.8 Å². The Kier molecular flexibility index (Phi) is 7.82. The summed E-state index contributed by atoms with van der Waals surface area (Å²) in [7, 11) is 0. The summed E-state index contributed by atoms with van der Waals surface area (Å²) in [4.78, 5) is 53.5. The van der Waals surface area contributed by atoms with Crippen LogP contribution in [0, 0.1) is 6.92 Å². The second-order valence-corrected chi connectivity index (χ2v) is 13.5. The number of benzene rings is 3. The molecule has 5 atom stereocenters.